The first kappa shape index (κ1) is 24.5. The van der Waals surface area contributed by atoms with E-state index in [0.717, 1.165) is 0 Å². The number of rotatable bonds is 10. The number of carbonyl (C=O) groups excluding carboxylic acids is 4. The average Bonchev–Trinajstić information content (AvgIpc) is 2.52. The van der Waals surface area contributed by atoms with Gasteiger partial charge in [0.25, 0.3) is 0 Å². The third kappa shape index (κ3) is 11.0. The highest BCUT2D eigenvalue weighted by atomic mass is 16.6. The SMILES string of the molecule is C=CCOC(=O)CNC(=O)[C@@H](NC(=O)[C@@H](N)CC(=O)OC(C)(C)C)[C@@H](C)O. The summed E-state index contributed by atoms with van der Waals surface area (Å²) < 4.78 is 9.76. The van der Waals surface area contributed by atoms with Gasteiger partial charge >= 0.3 is 11.9 Å². The Kier molecular flexibility index (Phi) is 10.3. The lowest BCUT2D eigenvalue weighted by Gasteiger charge is -2.23. The number of hydrogen-bond acceptors (Lipinski definition) is 8. The number of esters is 2. The zero-order valence-electron chi connectivity index (χ0n) is 16.1. The van der Waals surface area contributed by atoms with Gasteiger partial charge in [0.05, 0.1) is 18.6 Å². The molecule has 0 aliphatic carbocycles. The van der Waals surface area contributed by atoms with Crippen molar-refractivity contribution >= 4 is 23.8 Å². The molecule has 154 valence electrons. The van der Waals surface area contributed by atoms with Gasteiger partial charge in [-0.2, -0.15) is 0 Å². The standard InChI is InChI=1S/C17H29N3O7/c1-6-7-26-13(23)9-19-16(25)14(10(2)21)20-15(24)11(18)8-12(22)27-17(3,4)5/h6,10-11,14,21H,1,7-9,18H2,2-5H3,(H,19,25)(H,20,24)/t10-,11+,14+/m1/s1. The average molecular weight is 387 g/mol. The highest BCUT2D eigenvalue weighted by Gasteiger charge is 2.29. The molecule has 0 aliphatic heterocycles. The first-order valence-corrected chi connectivity index (χ1v) is 8.37. The van der Waals surface area contributed by atoms with Crippen LogP contribution in [-0.4, -0.2) is 65.8 Å². The van der Waals surface area contributed by atoms with Gasteiger partial charge in [-0.15, -0.1) is 0 Å². The molecule has 0 rings (SSSR count). The maximum atomic E-state index is 12.1. The molecule has 0 heterocycles. The van der Waals surface area contributed by atoms with Crippen molar-refractivity contribution in [3.05, 3.63) is 12.7 Å². The normalized spacial score (nSPS) is 14.3. The van der Waals surface area contributed by atoms with Crippen LogP contribution in [0.25, 0.3) is 0 Å². The van der Waals surface area contributed by atoms with Gasteiger partial charge in [-0.05, 0) is 27.7 Å². The number of nitrogens with one attached hydrogen (secondary N) is 2. The van der Waals surface area contributed by atoms with Crippen molar-refractivity contribution in [3.63, 3.8) is 0 Å². The first-order valence-electron chi connectivity index (χ1n) is 8.37. The van der Waals surface area contributed by atoms with Crippen molar-refractivity contribution in [3.8, 4) is 0 Å². The van der Waals surface area contributed by atoms with Crippen LogP contribution in [0.5, 0.6) is 0 Å². The number of aliphatic hydroxyl groups is 1. The van der Waals surface area contributed by atoms with E-state index in [0.29, 0.717) is 0 Å². The molecule has 0 aliphatic rings. The summed E-state index contributed by atoms with van der Waals surface area (Å²) in [5.74, 6) is -3.01. The van der Waals surface area contributed by atoms with E-state index in [1.165, 1.54) is 13.0 Å². The van der Waals surface area contributed by atoms with E-state index in [4.69, 9.17) is 15.2 Å². The van der Waals surface area contributed by atoms with Crippen molar-refractivity contribution < 1.29 is 33.8 Å². The minimum absolute atomic E-state index is 0.00914. The zero-order chi connectivity index (χ0) is 21.2. The minimum atomic E-state index is -1.37. The lowest BCUT2D eigenvalue weighted by molar-refractivity contribution is -0.156. The molecule has 0 bridgehead atoms. The molecule has 0 unspecified atom stereocenters. The molecular formula is C17H29N3O7. The molecule has 0 fully saturated rings. The largest absolute Gasteiger partial charge is 0.460 e. The Morgan fingerprint density at radius 3 is 2.26 bits per heavy atom. The first-order chi connectivity index (χ1) is 12.4. The van der Waals surface area contributed by atoms with Crippen LogP contribution < -0.4 is 16.4 Å². The smallest absolute Gasteiger partial charge is 0.325 e. The van der Waals surface area contributed by atoms with Gasteiger partial charge in [-0.25, -0.2) is 0 Å². The topological polar surface area (TPSA) is 157 Å². The van der Waals surface area contributed by atoms with Crippen LogP contribution in [0.2, 0.25) is 0 Å². The quantitative estimate of drug-likeness (QED) is 0.268. The summed E-state index contributed by atoms with van der Waals surface area (Å²) in [6.07, 6.45) is -0.303. The van der Waals surface area contributed by atoms with Crippen LogP contribution >= 0.6 is 0 Å². The molecule has 5 N–H and O–H groups in total. The number of nitrogens with two attached hydrogens (primary N) is 1. The Balaban J connectivity index is 4.68. The summed E-state index contributed by atoms with van der Waals surface area (Å²) in [6, 6.07) is -2.64. The van der Waals surface area contributed by atoms with Gasteiger partial charge in [0.1, 0.15) is 24.8 Å². The van der Waals surface area contributed by atoms with E-state index >= 15 is 0 Å². The van der Waals surface area contributed by atoms with Gasteiger partial charge in [0.2, 0.25) is 11.8 Å². The third-order valence-corrected chi connectivity index (χ3v) is 2.98. The van der Waals surface area contributed by atoms with E-state index in [1.807, 2.05) is 0 Å². The number of amides is 2. The molecule has 10 nitrogen and oxygen atoms in total. The Morgan fingerprint density at radius 1 is 1.19 bits per heavy atom. The lowest BCUT2D eigenvalue weighted by Crippen LogP contribution is -2.56. The van der Waals surface area contributed by atoms with E-state index in [9.17, 15) is 24.3 Å². The van der Waals surface area contributed by atoms with E-state index in [2.05, 4.69) is 17.2 Å². The molecule has 2 amide bonds. The van der Waals surface area contributed by atoms with Gasteiger partial charge < -0.3 is 30.9 Å². The second-order valence-electron chi connectivity index (χ2n) is 6.81. The Morgan fingerprint density at radius 2 is 1.78 bits per heavy atom. The van der Waals surface area contributed by atoms with Crippen molar-refractivity contribution in [2.24, 2.45) is 5.73 Å². The number of aliphatic hydroxyl groups excluding tert-OH is 1. The molecule has 0 aromatic heterocycles. The van der Waals surface area contributed by atoms with Gasteiger partial charge in [0.15, 0.2) is 0 Å². The number of carbonyl (C=O) groups is 4. The van der Waals surface area contributed by atoms with Gasteiger partial charge in [-0.3, -0.25) is 19.2 Å². The minimum Gasteiger partial charge on any atom is -0.460 e. The van der Waals surface area contributed by atoms with Crippen LogP contribution in [0.4, 0.5) is 0 Å². The lowest BCUT2D eigenvalue weighted by atomic mass is 10.1. The molecule has 0 saturated heterocycles. The van der Waals surface area contributed by atoms with E-state index in [-0.39, 0.29) is 6.61 Å². The fraction of sp³-hybridized carbons (Fsp3) is 0.647. The van der Waals surface area contributed by atoms with Crippen LogP contribution in [0, 0.1) is 0 Å². The van der Waals surface area contributed by atoms with Crippen LogP contribution in [0.1, 0.15) is 34.1 Å². The summed E-state index contributed by atoms with van der Waals surface area (Å²) in [7, 11) is 0. The second kappa shape index (κ2) is 11.3. The van der Waals surface area contributed by atoms with Crippen LogP contribution in [-0.2, 0) is 28.7 Å². The summed E-state index contributed by atoms with van der Waals surface area (Å²) in [6.45, 7) is 9.21. The fourth-order valence-electron chi connectivity index (χ4n) is 1.79. The number of hydrogen-bond donors (Lipinski definition) is 4. The van der Waals surface area contributed by atoms with Crippen molar-refractivity contribution in [1.82, 2.24) is 10.6 Å². The predicted octanol–water partition coefficient (Wildman–Crippen LogP) is -1.24. The van der Waals surface area contributed by atoms with Crippen molar-refractivity contribution in [1.29, 1.82) is 0 Å². The number of ether oxygens (including phenoxy) is 2. The van der Waals surface area contributed by atoms with Gasteiger partial charge in [-0.1, -0.05) is 12.7 Å². The molecular weight excluding hydrogens is 358 g/mol. The van der Waals surface area contributed by atoms with Crippen LogP contribution in [0.15, 0.2) is 12.7 Å². The molecule has 0 radical (unpaired) electrons. The fourth-order valence-corrected chi connectivity index (χ4v) is 1.79. The Hall–Kier alpha value is -2.46. The molecule has 3 atom stereocenters. The highest BCUT2D eigenvalue weighted by molar-refractivity contribution is 5.92. The second-order valence-corrected chi connectivity index (χ2v) is 6.81. The summed E-state index contributed by atoms with van der Waals surface area (Å²) in [5, 5.41) is 14.2. The maximum absolute atomic E-state index is 12.1. The summed E-state index contributed by atoms with van der Waals surface area (Å²) in [5.41, 5.74) is 4.93. The Labute approximate surface area is 158 Å². The summed E-state index contributed by atoms with van der Waals surface area (Å²) in [4.78, 5) is 47.3. The Bertz CT molecular complexity index is 555. The van der Waals surface area contributed by atoms with Gasteiger partial charge in [0, 0.05) is 0 Å². The summed E-state index contributed by atoms with van der Waals surface area (Å²) >= 11 is 0. The molecule has 10 heteroatoms. The van der Waals surface area contributed by atoms with Crippen molar-refractivity contribution in [2.45, 2.75) is 57.9 Å². The molecule has 0 spiro atoms. The van der Waals surface area contributed by atoms with E-state index in [1.54, 1.807) is 20.8 Å². The highest BCUT2D eigenvalue weighted by Crippen LogP contribution is 2.09. The van der Waals surface area contributed by atoms with Crippen molar-refractivity contribution in [2.75, 3.05) is 13.2 Å². The third-order valence-electron chi connectivity index (χ3n) is 2.98. The molecule has 0 aromatic carbocycles. The molecule has 0 aromatic rings. The molecule has 27 heavy (non-hydrogen) atoms. The maximum Gasteiger partial charge on any atom is 0.325 e. The zero-order valence-corrected chi connectivity index (χ0v) is 16.1. The monoisotopic (exact) mass is 387 g/mol. The molecule has 0 saturated carbocycles. The predicted molar refractivity (Wildman–Crippen MR) is 96.2 cm³/mol. The van der Waals surface area contributed by atoms with E-state index < -0.39 is 60.5 Å². The van der Waals surface area contributed by atoms with Crippen LogP contribution in [0.3, 0.4) is 0 Å².